The maximum absolute atomic E-state index is 13.5. The smallest absolute Gasteiger partial charge is 0.246 e. The Morgan fingerprint density at radius 2 is 1.69 bits per heavy atom. The molecule has 2 amide bonds. The Hall–Kier alpha value is -3.25. The van der Waals surface area contributed by atoms with Crippen molar-refractivity contribution in [3.8, 4) is 11.5 Å². The van der Waals surface area contributed by atoms with Crippen molar-refractivity contribution in [1.82, 2.24) is 15.4 Å². The molecule has 0 heterocycles. The fraction of sp³-hybridized carbons (Fsp3) is 0.300. The van der Waals surface area contributed by atoms with Crippen LogP contribution in [-0.2, 0) is 19.6 Å². The molecule has 2 rings (SSSR count). The van der Waals surface area contributed by atoms with Crippen molar-refractivity contribution in [2.75, 3.05) is 27.8 Å². The van der Waals surface area contributed by atoms with Gasteiger partial charge < -0.3 is 20.1 Å². The van der Waals surface area contributed by atoms with Crippen LogP contribution in [0.4, 0.5) is 8.78 Å². The molecular weight excluding hydrogens is 448 g/mol. The number of benzene rings is 2. The summed E-state index contributed by atoms with van der Waals surface area (Å²) in [4.78, 5) is 24.3. The summed E-state index contributed by atoms with van der Waals surface area (Å²) in [5.74, 6) is -3.04. The molecule has 0 aromatic heterocycles. The summed E-state index contributed by atoms with van der Waals surface area (Å²) in [6, 6.07) is 5.53. The van der Waals surface area contributed by atoms with E-state index < -0.39 is 39.5 Å². The summed E-state index contributed by atoms with van der Waals surface area (Å²) < 4.78 is 64.1. The maximum Gasteiger partial charge on any atom is 0.246 e. The van der Waals surface area contributed by atoms with Crippen molar-refractivity contribution < 1.29 is 36.3 Å². The van der Waals surface area contributed by atoms with Crippen LogP contribution in [0.1, 0.15) is 18.0 Å². The number of ether oxygens (including phenoxy) is 2. The van der Waals surface area contributed by atoms with Gasteiger partial charge in [0.25, 0.3) is 0 Å². The first-order valence-corrected chi connectivity index (χ1v) is 10.8. The second-order valence-electron chi connectivity index (χ2n) is 6.45. The number of sulfonamides is 1. The number of hydrogen-bond acceptors (Lipinski definition) is 6. The van der Waals surface area contributed by atoms with Gasteiger partial charge in [0.2, 0.25) is 21.8 Å². The third-order valence-corrected chi connectivity index (χ3v) is 5.86. The van der Waals surface area contributed by atoms with Crippen LogP contribution in [0.25, 0.3) is 0 Å². The van der Waals surface area contributed by atoms with Gasteiger partial charge in [-0.1, -0.05) is 6.07 Å². The number of likely N-dealkylation sites (N-methyl/N-ethyl adjacent to an activating group) is 1. The van der Waals surface area contributed by atoms with Gasteiger partial charge in [-0.2, -0.15) is 0 Å². The molecule has 0 spiro atoms. The fourth-order valence-electron chi connectivity index (χ4n) is 2.74. The van der Waals surface area contributed by atoms with E-state index in [-0.39, 0.29) is 29.2 Å². The first-order chi connectivity index (χ1) is 15.1. The van der Waals surface area contributed by atoms with Crippen LogP contribution in [0.5, 0.6) is 11.5 Å². The number of rotatable bonds is 10. The second kappa shape index (κ2) is 10.9. The lowest BCUT2D eigenvalue weighted by atomic mass is 10.1. The zero-order valence-electron chi connectivity index (χ0n) is 17.6. The Bertz CT molecular complexity index is 1090. The minimum absolute atomic E-state index is 0.0301. The van der Waals surface area contributed by atoms with E-state index in [1.54, 1.807) is 0 Å². The number of hydrogen-bond donors (Lipinski definition) is 3. The number of carbonyl (C=O) groups excluding carboxylic acids is 2. The molecule has 0 saturated carbocycles. The lowest BCUT2D eigenvalue weighted by Gasteiger charge is -2.18. The largest absolute Gasteiger partial charge is 0.493 e. The van der Waals surface area contributed by atoms with Gasteiger partial charge in [-0.15, -0.1) is 0 Å². The number of methoxy groups -OCH3 is 2. The lowest BCUT2D eigenvalue weighted by Crippen LogP contribution is -2.40. The van der Waals surface area contributed by atoms with Crippen molar-refractivity contribution in [3.05, 3.63) is 53.6 Å². The first-order valence-electron chi connectivity index (χ1n) is 9.30. The number of halogens is 2. The number of nitrogens with one attached hydrogen (secondary N) is 3. The Morgan fingerprint density at radius 3 is 2.28 bits per heavy atom. The molecule has 2 aromatic carbocycles. The molecule has 2 aromatic rings. The molecule has 1 unspecified atom stereocenters. The molecule has 32 heavy (non-hydrogen) atoms. The van der Waals surface area contributed by atoms with E-state index in [0.717, 1.165) is 12.1 Å². The van der Waals surface area contributed by atoms with Crippen LogP contribution < -0.4 is 24.8 Å². The van der Waals surface area contributed by atoms with Crippen molar-refractivity contribution in [2.45, 2.75) is 17.4 Å². The predicted octanol–water partition coefficient (Wildman–Crippen LogP) is 1.25. The van der Waals surface area contributed by atoms with Crippen LogP contribution in [0, 0.1) is 11.6 Å². The van der Waals surface area contributed by atoms with Gasteiger partial charge in [0.1, 0.15) is 6.04 Å². The molecule has 0 bridgehead atoms. The SMILES string of the molecule is CNC(=O)C(NC(=O)CCNS(=O)(=O)c1ccc(OC)c(OC)c1)c1ccc(F)c(F)c1. The molecule has 0 aliphatic carbocycles. The summed E-state index contributed by atoms with van der Waals surface area (Å²) in [6.07, 6.45) is -0.316. The molecule has 1 atom stereocenters. The van der Waals surface area contributed by atoms with E-state index in [1.165, 1.54) is 45.5 Å². The quantitative estimate of drug-likeness (QED) is 0.480. The standard InChI is InChI=1S/C20H23F2N3O6S/c1-23-20(27)19(12-4-6-14(21)15(22)10-12)25-18(26)8-9-24-32(28,29)13-5-7-16(30-2)17(11-13)31-3/h4-7,10-11,19,24H,8-9H2,1-3H3,(H,23,27)(H,25,26). The number of carbonyl (C=O) groups is 2. The molecule has 12 heteroatoms. The number of amides is 2. The Labute approximate surface area is 184 Å². The maximum atomic E-state index is 13.5. The van der Waals surface area contributed by atoms with Crippen molar-refractivity contribution >= 4 is 21.8 Å². The Morgan fingerprint density at radius 1 is 1.00 bits per heavy atom. The molecule has 0 saturated heterocycles. The Kier molecular flexibility index (Phi) is 8.49. The molecule has 0 aliphatic rings. The van der Waals surface area contributed by atoms with Crippen LogP contribution in [0.2, 0.25) is 0 Å². The van der Waals surface area contributed by atoms with Gasteiger partial charge in [0, 0.05) is 26.1 Å². The zero-order valence-corrected chi connectivity index (χ0v) is 18.4. The predicted molar refractivity (Wildman–Crippen MR) is 111 cm³/mol. The van der Waals surface area contributed by atoms with Gasteiger partial charge in [-0.25, -0.2) is 21.9 Å². The topological polar surface area (TPSA) is 123 Å². The molecular formula is C20H23F2N3O6S. The van der Waals surface area contributed by atoms with E-state index in [0.29, 0.717) is 5.75 Å². The van der Waals surface area contributed by atoms with Gasteiger partial charge in [-0.05, 0) is 29.8 Å². The van der Waals surface area contributed by atoms with Gasteiger partial charge in [0.15, 0.2) is 23.1 Å². The van der Waals surface area contributed by atoms with Crippen LogP contribution in [0.3, 0.4) is 0 Å². The van der Waals surface area contributed by atoms with E-state index in [1.807, 2.05) is 0 Å². The highest BCUT2D eigenvalue weighted by Crippen LogP contribution is 2.29. The normalized spacial score (nSPS) is 12.0. The summed E-state index contributed by atoms with van der Waals surface area (Å²) >= 11 is 0. The Balaban J connectivity index is 2.04. The highest BCUT2D eigenvalue weighted by atomic mass is 32.2. The van der Waals surface area contributed by atoms with E-state index in [4.69, 9.17) is 9.47 Å². The average Bonchev–Trinajstić information content (AvgIpc) is 2.78. The highest BCUT2D eigenvalue weighted by molar-refractivity contribution is 7.89. The lowest BCUT2D eigenvalue weighted by molar-refractivity contribution is -0.128. The van der Waals surface area contributed by atoms with Crippen molar-refractivity contribution in [3.63, 3.8) is 0 Å². The van der Waals surface area contributed by atoms with Gasteiger partial charge in [0.05, 0.1) is 19.1 Å². The van der Waals surface area contributed by atoms with E-state index >= 15 is 0 Å². The summed E-state index contributed by atoms with van der Waals surface area (Å²) in [5.41, 5.74) is 0.0301. The van der Waals surface area contributed by atoms with Crippen LogP contribution in [-0.4, -0.2) is 48.0 Å². The third kappa shape index (κ3) is 6.14. The van der Waals surface area contributed by atoms with Crippen LogP contribution >= 0.6 is 0 Å². The third-order valence-electron chi connectivity index (χ3n) is 4.40. The van der Waals surface area contributed by atoms with Crippen molar-refractivity contribution in [1.29, 1.82) is 0 Å². The zero-order chi connectivity index (χ0) is 23.9. The molecule has 0 radical (unpaired) electrons. The summed E-state index contributed by atoms with van der Waals surface area (Å²) in [7, 11) is 0.131. The second-order valence-corrected chi connectivity index (χ2v) is 8.22. The minimum Gasteiger partial charge on any atom is -0.493 e. The van der Waals surface area contributed by atoms with Crippen LogP contribution in [0.15, 0.2) is 41.3 Å². The van der Waals surface area contributed by atoms with E-state index in [9.17, 15) is 26.8 Å². The monoisotopic (exact) mass is 471 g/mol. The highest BCUT2D eigenvalue weighted by Gasteiger charge is 2.23. The van der Waals surface area contributed by atoms with Gasteiger partial charge >= 0.3 is 0 Å². The average molecular weight is 471 g/mol. The fourth-order valence-corrected chi connectivity index (χ4v) is 3.78. The molecule has 0 fully saturated rings. The minimum atomic E-state index is -3.96. The van der Waals surface area contributed by atoms with Gasteiger partial charge in [-0.3, -0.25) is 9.59 Å². The van der Waals surface area contributed by atoms with Crippen molar-refractivity contribution in [2.24, 2.45) is 0 Å². The summed E-state index contributed by atoms with van der Waals surface area (Å²) in [6.45, 7) is -0.277. The molecule has 0 aliphatic heterocycles. The molecule has 174 valence electrons. The molecule has 9 nitrogen and oxygen atoms in total. The summed E-state index contributed by atoms with van der Waals surface area (Å²) in [5, 5.41) is 4.70. The first kappa shape index (κ1) is 25.0. The molecule has 3 N–H and O–H groups in total. The van der Waals surface area contributed by atoms with E-state index in [2.05, 4.69) is 15.4 Å².